The molecule has 0 aromatic carbocycles. The zero-order valence-electron chi connectivity index (χ0n) is 12.3. The summed E-state index contributed by atoms with van der Waals surface area (Å²) in [5.74, 6) is -0.209. The maximum absolute atomic E-state index is 11.9. The van der Waals surface area contributed by atoms with Crippen LogP contribution in [0.3, 0.4) is 0 Å². The van der Waals surface area contributed by atoms with Gasteiger partial charge in [-0.15, -0.1) is 0 Å². The van der Waals surface area contributed by atoms with E-state index in [0.717, 1.165) is 38.9 Å². The number of carbonyl (C=O) groups is 1. The van der Waals surface area contributed by atoms with Crippen LogP contribution in [0.15, 0.2) is 0 Å². The molecule has 5 nitrogen and oxygen atoms in total. The second-order valence-corrected chi connectivity index (χ2v) is 6.32. The lowest BCUT2D eigenvalue weighted by molar-refractivity contribution is -0.124. The van der Waals surface area contributed by atoms with Crippen molar-refractivity contribution in [3.8, 4) is 0 Å². The van der Waals surface area contributed by atoms with Gasteiger partial charge in [-0.2, -0.15) is 0 Å². The molecule has 5 heteroatoms. The van der Waals surface area contributed by atoms with Crippen LogP contribution >= 0.6 is 0 Å². The smallest absolute Gasteiger partial charge is 0.237 e. The summed E-state index contributed by atoms with van der Waals surface area (Å²) in [5.41, 5.74) is 5.13. The fourth-order valence-electron chi connectivity index (χ4n) is 3.49. The van der Waals surface area contributed by atoms with E-state index >= 15 is 0 Å². The van der Waals surface area contributed by atoms with E-state index < -0.39 is 5.54 Å². The van der Waals surface area contributed by atoms with Crippen molar-refractivity contribution in [2.75, 3.05) is 20.3 Å². The van der Waals surface area contributed by atoms with E-state index in [1.54, 1.807) is 0 Å². The third-order valence-corrected chi connectivity index (χ3v) is 4.58. The summed E-state index contributed by atoms with van der Waals surface area (Å²) in [4.78, 5) is 14.3. The summed E-state index contributed by atoms with van der Waals surface area (Å²) < 4.78 is 5.45. The van der Waals surface area contributed by atoms with Crippen molar-refractivity contribution in [1.29, 1.82) is 0 Å². The lowest BCUT2D eigenvalue weighted by atomic mass is 9.95. The van der Waals surface area contributed by atoms with Gasteiger partial charge < -0.3 is 15.8 Å². The van der Waals surface area contributed by atoms with E-state index in [4.69, 9.17) is 10.5 Å². The Morgan fingerprint density at radius 2 is 2.16 bits per heavy atom. The van der Waals surface area contributed by atoms with Crippen molar-refractivity contribution in [3.05, 3.63) is 0 Å². The minimum atomic E-state index is -0.521. The molecule has 3 N–H and O–H groups in total. The van der Waals surface area contributed by atoms with Gasteiger partial charge in [0.15, 0.2) is 0 Å². The highest BCUT2D eigenvalue weighted by Crippen LogP contribution is 2.34. The highest BCUT2D eigenvalue weighted by molar-refractivity contribution is 5.85. The molecular formula is C14H27N3O2. The second-order valence-electron chi connectivity index (χ2n) is 6.32. The third-order valence-electron chi connectivity index (χ3n) is 4.58. The molecule has 0 aromatic rings. The molecule has 1 aliphatic heterocycles. The number of carbonyl (C=O) groups excluding carboxylic acids is 1. The van der Waals surface area contributed by atoms with E-state index in [1.807, 2.05) is 0 Å². The van der Waals surface area contributed by atoms with Gasteiger partial charge in [-0.3, -0.25) is 9.69 Å². The summed E-state index contributed by atoms with van der Waals surface area (Å²) in [7, 11) is 2.15. The molecule has 1 amide bonds. The second kappa shape index (κ2) is 5.77. The van der Waals surface area contributed by atoms with Crippen LogP contribution in [0.4, 0.5) is 0 Å². The number of ether oxygens (including phenoxy) is 1. The van der Waals surface area contributed by atoms with Gasteiger partial charge in [0.05, 0.1) is 12.1 Å². The van der Waals surface area contributed by atoms with Crippen LogP contribution in [-0.2, 0) is 9.53 Å². The van der Waals surface area contributed by atoms with Crippen molar-refractivity contribution >= 4 is 5.91 Å². The quantitative estimate of drug-likeness (QED) is 0.762. The lowest BCUT2D eigenvalue weighted by Crippen LogP contribution is -2.57. The van der Waals surface area contributed by atoms with Crippen molar-refractivity contribution in [2.45, 2.75) is 63.2 Å². The van der Waals surface area contributed by atoms with Gasteiger partial charge in [0, 0.05) is 24.7 Å². The maximum Gasteiger partial charge on any atom is 0.237 e. The molecule has 3 atom stereocenters. The third kappa shape index (κ3) is 3.09. The minimum absolute atomic E-state index is 0.209. The normalized spacial score (nSPS) is 35.4. The number of likely N-dealkylation sites (N-methyl/N-ethyl adjacent to an activating group) is 1. The monoisotopic (exact) mass is 269 g/mol. The van der Waals surface area contributed by atoms with Crippen LogP contribution in [0.1, 0.15) is 39.5 Å². The Morgan fingerprint density at radius 3 is 2.68 bits per heavy atom. The SMILES string of the molecule is CC(C)NC1(C(N)=O)CCC(N(C)C2CCOC2)C1. The first-order valence-electron chi connectivity index (χ1n) is 7.32. The van der Waals surface area contributed by atoms with E-state index in [9.17, 15) is 4.79 Å². The molecule has 0 aromatic heterocycles. The van der Waals surface area contributed by atoms with Crippen molar-refractivity contribution in [2.24, 2.45) is 5.73 Å². The van der Waals surface area contributed by atoms with Gasteiger partial charge in [0.2, 0.25) is 5.91 Å². The summed E-state index contributed by atoms with van der Waals surface area (Å²) in [5, 5.41) is 3.40. The number of nitrogens with two attached hydrogens (primary N) is 1. The first-order chi connectivity index (χ1) is 8.94. The Morgan fingerprint density at radius 1 is 1.42 bits per heavy atom. The molecule has 2 fully saturated rings. The molecule has 0 bridgehead atoms. The van der Waals surface area contributed by atoms with E-state index in [1.165, 1.54) is 0 Å². The fraction of sp³-hybridized carbons (Fsp3) is 0.929. The zero-order chi connectivity index (χ0) is 14.0. The largest absolute Gasteiger partial charge is 0.380 e. The molecule has 1 saturated heterocycles. The predicted molar refractivity (Wildman–Crippen MR) is 74.8 cm³/mol. The van der Waals surface area contributed by atoms with Crippen LogP contribution in [0.2, 0.25) is 0 Å². The summed E-state index contributed by atoms with van der Waals surface area (Å²) in [6.45, 7) is 5.79. The molecule has 0 spiro atoms. The minimum Gasteiger partial charge on any atom is -0.380 e. The van der Waals surface area contributed by atoms with Crippen molar-refractivity contribution in [3.63, 3.8) is 0 Å². The van der Waals surface area contributed by atoms with E-state index in [2.05, 4.69) is 31.1 Å². The number of nitrogens with zero attached hydrogens (tertiary/aromatic N) is 1. The average Bonchev–Trinajstić information content (AvgIpc) is 2.96. The molecule has 1 heterocycles. The summed E-state index contributed by atoms with van der Waals surface area (Å²) >= 11 is 0. The van der Waals surface area contributed by atoms with E-state index in [-0.39, 0.29) is 11.9 Å². The van der Waals surface area contributed by atoms with E-state index in [0.29, 0.717) is 12.1 Å². The predicted octanol–water partition coefficient (Wildman–Crippen LogP) is 0.482. The fourth-order valence-corrected chi connectivity index (χ4v) is 3.49. The van der Waals surface area contributed by atoms with Crippen LogP contribution < -0.4 is 11.1 Å². The Bertz CT molecular complexity index is 329. The number of nitrogens with one attached hydrogen (secondary N) is 1. The summed E-state index contributed by atoms with van der Waals surface area (Å²) in [6, 6.07) is 1.18. The number of rotatable bonds is 5. The van der Waals surface area contributed by atoms with Gasteiger partial charge in [-0.1, -0.05) is 0 Å². The Balaban J connectivity index is 2.01. The molecular weight excluding hydrogens is 242 g/mol. The van der Waals surface area contributed by atoms with Gasteiger partial charge in [0.25, 0.3) is 0 Å². The van der Waals surface area contributed by atoms with Gasteiger partial charge in [0.1, 0.15) is 0 Å². The molecule has 1 aliphatic carbocycles. The highest BCUT2D eigenvalue weighted by atomic mass is 16.5. The molecule has 2 rings (SSSR count). The average molecular weight is 269 g/mol. The molecule has 0 radical (unpaired) electrons. The highest BCUT2D eigenvalue weighted by Gasteiger charge is 2.46. The van der Waals surface area contributed by atoms with Gasteiger partial charge in [-0.25, -0.2) is 0 Å². The molecule has 110 valence electrons. The van der Waals surface area contributed by atoms with Crippen molar-refractivity contribution < 1.29 is 9.53 Å². The van der Waals surface area contributed by atoms with Crippen molar-refractivity contribution in [1.82, 2.24) is 10.2 Å². The Labute approximate surface area is 115 Å². The zero-order valence-corrected chi connectivity index (χ0v) is 12.3. The van der Waals surface area contributed by atoms with Crippen LogP contribution in [0.25, 0.3) is 0 Å². The topological polar surface area (TPSA) is 67.6 Å². The Kier molecular flexibility index (Phi) is 4.48. The number of primary amides is 1. The molecule has 1 saturated carbocycles. The number of hydrogen-bond donors (Lipinski definition) is 2. The molecule has 3 unspecified atom stereocenters. The summed E-state index contributed by atoms with van der Waals surface area (Å²) in [6.07, 6.45) is 3.76. The van der Waals surface area contributed by atoms with Gasteiger partial charge in [-0.05, 0) is 46.6 Å². The maximum atomic E-state index is 11.9. The van der Waals surface area contributed by atoms with Crippen LogP contribution in [0.5, 0.6) is 0 Å². The number of amides is 1. The van der Waals surface area contributed by atoms with Crippen LogP contribution in [0, 0.1) is 0 Å². The first-order valence-corrected chi connectivity index (χ1v) is 7.32. The van der Waals surface area contributed by atoms with Gasteiger partial charge >= 0.3 is 0 Å². The molecule has 19 heavy (non-hydrogen) atoms. The first kappa shape index (κ1) is 14.8. The standard InChI is InChI=1S/C14H27N3O2/c1-10(2)16-14(13(15)18)6-4-11(8-14)17(3)12-5-7-19-9-12/h10-12,16H,4-9H2,1-3H3,(H2,15,18). The number of hydrogen-bond acceptors (Lipinski definition) is 4. The Hall–Kier alpha value is -0.650. The molecule has 2 aliphatic rings. The van der Waals surface area contributed by atoms with Crippen LogP contribution in [-0.4, -0.2) is 54.7 Å². The lowest BCUT2D eigenvalue weighted by Gasteiger charge is -2.33.